The van der Waals surface area contributed by atoms with Crippen molar-refractivity contribution in [1.82, 2.24) is 14.9 Å². The fraction of sp³-hybridized carbons (Fsp3) is 0.316. The number of rotatable bonds is 4. The number of thiophene rings is 1. The number of carbonyl (C=O) groups is 1. The molecule has 1 N–H and O–H groups in total. The van der Waals surface area contributed by atoms with Crippen LogP contribution in [0.4, 0.5) is 0 Å². The van der Waals surface area contributed by atoms with Gasteiger partial charge in [-0.25, -0.2) is 4.98 Å². The molecule has 3 aromatic rings. The highest BCUT2D eigenvalue weighted by molar-refractivity contribution is 7.18. The Morgan fingerprint density at radius 2 is 2.12 bits per heavy atom. The first-order valence-electron chi connectivity index (χ1n) is 8.47. The largest absolute Gasteiger partial charge is 0.348 e. The SMILES string of the molecule is C[C@@H](NC(=O)Cn1cnc2sc3c(c2c1=O)CCC3)c1ccccc1. The summed E-state index contributed by atoms with van der Waals surface area (Å²) in [5.41, 5.74) is 2.07. The zero-order valence-electron chi connectivity index (χ0n) is 14.0. The lowest BCUT2D eigenvalue weighted by Crippen LogP contribution is -2.34. The first kappa shape index (κ1) is 16.0. The molecule has 1 amide bonds. The Bertz CT molecular complexity index is 991. The van der Waals surface area contributed by atoms with Crippen LogP contribution in [0.25, 0.3) is 10.2 Å². The van der Waals surface area contributed by atoms with E-state index < -0.39 is 0 Å². The number of carbonyl (C=O) groups excluding carboxylic acids is 1. The van der Waals surface area contributed by atoms with Crippen LogP contribution in [-0.4, -0.2) is 15.5 Å². The average molecular weight is 353 g/mol. The highest BCUT2D eigenvalue weighted by atomic mass is 32.1. The van der Waals surface area contributed by atoms with Crippen molar-refractivity contribution in [2.45, 2.75) is 38.8 Å². The molecule has 0 spiro atoms. The topological polar surface area (TPSA) is 64.0 Å². The first-order chi connectivity index (χ1) is 12.1. The third-order valence-electron chi connectivity index (χ3n) is 4.68. The minimum Gasteiger partial charge on any atom is -0.348 e. The molecule has 1 aromatic carbocycles. The van der Waals surface area contributed by atoms with E-state index in [2.05, 4.69) is 10.3 Å². The number of benzene rings is 1. The van der Waals surface area contributed by atoms with Gasteiger partial charge >= 0.3 is 0 Å². The van der Waals surface area contributed by atoms with Crippen LogP contribution in [0.3, 0.4) is 0 Å². The smallest absolute Gasteiger partial charge is 0.262 e. The average Bonchev–Trinajstić information content (AvgIpc) is 3.19. The van der Waals surface area contributed by atoms with Crippen molar-refractivity contribution >= 4 is 27.5 Å². The molecular weight excluding hydrogens is 334 g/mol. The van der Waals surface area contributed by atoms with Crippen LogP contribution in [0.2, 0.25) is 0 Å². The normalized spacial score (nSPS) is 14.4. The highest BCUT2D eigenvalue weighted by Gasteiger charge is 2.21. The van der Waals surface area contributed by atoms with Gasteiger partial charge in [0.05, 0.1) is 17.8 Å². The van der Waals surface area contributed by atoms with Gasteiger partial charge < -0.3 is 5.32 Å². The number of nitrogens with one attached hydrogen (secondary N) is 1. The molecule has 0 bridgehead atoms. The van der Waals surface area contributed by atoms with Crippen molar-refractivity contribution < 1.29 is 4.79 Å². The summed E-state index contributed by atoms with van der Waals surface area (Å²) in [6, 6.07) is 9.66. The summed E-state index contributed by atoms with van der Waals surface area (Å²) in [4.78, 5) is 31.6. The fourth-order valence-corrected chi connectivity index (χ4v) is 4.62. The molecule has 128 valence electrons. The van der Waals surface area contributed by atoms with Crippen molar-refractivity contribution in [3.8, 4) is 0 Å². The number of aryl methyl sites for hydroxylation is 2. The molecule has 2 aromatic heterocycles. The van der Waals surface area contributed by atoms with Crippen LogP contribution in [0.15, 0.2) is 41.5 Å². The molecule has 0 radical (unpaired) electrons. The fourth-order valence-electron chi connectivity index (χ4n) is 3.40. The first-order valence-corrected chi connectivity index (χ1v) is 9.29. The number of hydrogen-bond donors (Lipinski definition) is 1. The van der Waals surface area contributed by atoms with Crippen molar-refractivity contribution in [2.75, 3.05) is 0 Å². The van der Waals surface area contributed by atoms with Gasteiger partial charge in [-0.1, -0.05) is 30.3 Å². The van der Waals surface area contributed by atoms with Crippen LogP contribution < -0.4 is 10.9 Å². The van der Waals surface area contributed by atoms with Gasteiger partial charge in [0.2, 0.25) is 5.91 Å². The summed E-state index contributed by atoms with van der Waals surface area (Å²) in [5, 5.41) is 3.65. The van der Waals surface area contributed by atoms with Gasteiger partial charge in [0.25, 0.3) is 5.56 Å². The number of aromatic nitrogens is 2. The van der Waals surface area contributed by atoms with Crippen molar-refractivity contribution in [3.05, 3.63) is 63.0 Å². The summed E-state index contributed by atoms with van der Waals surface area (Å²) in [5.74, 6) is -0.188. The van der Waals surface area contributed by atoms with E-state index in [9.17, 15) is 9.59 Å². The zero-order valence-corrected chi connectivity index (χ0v) is 14.8. The molecule has 25 heavy (non-hydrogen) atoms. The molecule has 6 heteroatoms. The van der Waals surface area contributed by atoms with E-state index in [4.69, 9.17) is 0 Å². The van der Waals surface area contributed by atoms with E-state index in [-0.39, 0.29) is 24.1 Å². The maximum atomic E-state index is 12.8. The van der Waals surface area contributed by atoms with Crippen LogP contribution in [0.1, 0.15) is 35.4 Å². The van der Waals surface area contributed by atoms with Gasteiger partial charge in [-0.15, -0.1) is 11.3 Å². The van der Waals surface area contributed by atoms with Gasteiger partial charge in [0.1, 0.15) is 11.4 Å². The number of nitrogens with zero attached hydrogens (tertiary/aromatic N) is 2. The van der Waals surface area contributed by atoms with E-state index in [1.807, 2.05) is 37.3 Å². The summed E-state index contributed by atoms with van der Waals surface area (Å²) in [6.45, 7) is 1.92. The van der Waals surface area contributed by atoms with Crippen LogP contribution in [-0.2, 0) is 24.2 Å². The lowest BCUT2D eigenvalue weighted by atomic mass is 10.1. The molecule has 0 aliphatic heterocycles. The Labute approximate surface area is 149 Å². The Morgan fingerprint density at radius 3 is 2.92 bits per heavy atom. The summed E-state index contributed by atoms with van der Waals surface area (Å²) >= 11 is 1.61. The molecule has 0 fully saturated rings. The molecule has 0 saturated carbocycles. The third kappa shape index (κ3) is 2.98. The number of amides is 1. The monoisotopic (exact) mass is 353 g/mol. The van der Waals surface area contributed by atoms with E-state index in [1.54, 1.807) is 11.3 Å². The second kappa shape index (κ2) is 6.44. The zero-order chi connectivity index (χ0) is 17.4. The van der Waals surface area contributed by atoms with Gasteiger partial charge in [-0.2, -0.15) is 0 Å². The molecule has 5 nitrogen and oxygen atoms in total. The number of fused-ring (bicyclic) bond motifs is 3. The van der Waals surface area contributed by atoms with Gasteiger partial charge in [-0.05, 0) is 37.3 Å². The van der Waals surface area contributed by atoms with Crippen molar-refractivity contribution in [2.24, 2.45) is 0 Å². The van der Waals surface area contributed by atoms with Crippen LogP contribution in [0.5, 0.6) is 0 Å². The van der Waals surface area contributed by atoms with Crippen molar-refractivity contribution in [1.29, 1.82) is 0 Å². The van der Waals surface area contributed by atoms with E-state index >= 15 is 0 Å². The molecule has 4 rings (SSSR count). The number of hydrogen-bond acceptors (Lipinski definition) is 4. The maximum absolute atomic E-state index is 12.8. The van der Waals surface area contributed by atoms with Crippen LogP contribution in [0, 0.1) is 0 Å². The van der Waals surface area contributed by atoms with E-state index in [0.29, 0.717) is 5.39 Å². The van der Waals surface area contributed by atoms with Gasteiger partial charge in [0, 0.05) is 4.88 Å². The molecular formula is C19H19N3O2S. The molecule has 0 unspecified atom stereocenters. The lowest BCUT2D eigenvalue weighted by molar-refractivity contribution is -0.122. The van der Waals surface area contributed by atoms with Crippen LogP contribution >= 0.6 is 11.3 Å². The van der Waals surface area contributed by atoms with Crippen molar-refractivity contribution in [3.63, 3.8) is 0 Å². The molecule has 1 aliphatic rings. The lowest BCUT2D eigenvalue weighted by Gasteiger charge is -2.14. The third-order valence-corrected chi connectivity index (χ3v) is 5.88. The van der Waals surface area contributed by atoms with E-state index in [0.717, 1.165) is 35.2 Å². The summed E-state index contributed by atoms with van der Waals surface area (Å²) < 4.78 is 1.42. The predicted octanol–water partition coefficient (Wildman–Crippen LogP) is 2.82. The maximum Gasteiger partial charge on any atom is 0.262 e. The Hall–Kier alpha value is -2.47. The van der Waals surface area contributed by atoms with Gasteiger partial charge in [-0.3, -0.25) is 14.2 Å². The Kier molecular flexibility index (Phi) is 4.13. The Balaban J connectivity index is 1.55. The second-order valence-electron chi connectivity index (χ2n) is 6.42. The molecule has 2 heterocycles. The van der Waals surface area contributed by atoms with E-state index in [1.165, 1.54) is 15.8 Å². The molecule has 1 aliphatic carbocycles. The standard InChI is InChI=1S/C19H19N3O2S/c1-12(13-6-3-2-4-7-13)21-16(23)10-22-11-20-18-17(19(22)24)14-8-5-9-15(14)25-18/h2-4,6-7,11-12H,5,8-10H2,1H3,(H,21,23)/t12-/m1/s1. The van der Waals surface area contributed by atoms with Gasteiger partial charge in [0.15, 0.2) is 0 Å². The minimum absolute atomic E-state index is 0.0104. The predicted molar refractivity (Wildman–Crippen MR) is 98.9 cm³/mol. The second-order valence-corrected chi connectivity index (χ2v) is 7.50. The molecule has 0 saturated heterocycles. The summed E-state index contributed by atoms with van der Waals surface area (Å²) in [6.07, 6.45) is 4.56. The quantitative estimate of drug-likeness (QED) is 0.784. The molecule has 1 atom stereocenters. The summed E-state index contributed by atoms with van der Waals surface area (Å²) in [7, 11) is 0. The highest BCUT2D eigenvalue weighted by Crippen LogP contribution is 2.34. The Morgan fingerprint density at radius 1 is 1.32 bits per heavy atom. The minimum atomic E-state index is -0.188.